The summed E-state index contributed by atoms with van der Waals surface area (Å²) in [5.41, 5.74) is 0. The van der Waals surface area contributed by atoms with Gasteiger partial charge < -0.3 is 14.7 Å². The van der Waals surface area contributed by atoms with E-state index in [1.807, 2.05) is 11.8 Å². The topological polar surface area (TPSA) is 66.8 Å². The predicted octanol–water partition coefficient (Wildman–Crippen LogP) is 1.76. The molecule has 1 saturated heterocycles. The van der Waals surface area contributed by atoms with E-state index < -0.39 is 5.97 Å². The van der Waals surface area contributed by atoms with Crippen molar-refractivity contribution in [1.82, 2.24) is 4.90 Å². The number of piperidine rings is 1. The zero-order valence-corrected chi connectivity index (χ0v) is 11.9. The Labute approximate surface area is 114 Å². The van der Waals surface area contributed by atoms with Crippen LogP contribution >= 0.6 is 0 Å². The standard InChI is InChI=1S/C14H25NO4/c1-11(10-19-2)8-13(16)15-7-3-4-12(9-15)5-6-14(17)18/h11-12H,3-10H2,1-2H3,(H,17,18). The first-order chi connectivity index (χ1) is 9.02. The van der Waals surface area contributed by atoms with Gasteiger partial charge in [0.05, 0.1) is 0 Å². The fourth-order valence-corrected chi connectivity index (χ4v) is 2.63. The highest BCUT2D eigenvalue weighted by Gasteiger charge is 2.24. The second-order valence-corrected chi connectivity index (χ2v) is 5.55. The van der Waals surface area contributed by atoms with Gasteiger partial charge in [0.1, 0.15) is 0 Å². The number of carbonyl (C=O) groups is 2. The van der Waals surface area contributed by atoms with Gasteiger partial charge in [0.25, 0.3) is 0 Å². The van der Waals surface area contributed by atoms with Gasteiger partial charge in [-0.05, 0) is 31.1 Å². The quantitative estimate of drug-likeness (QED) is 0.766. The number of carboxylic acid groups (broad SMARTS) is 1. The number of ether oxygens (including phenoxy) is 1. The molecule has 1 amide bonds. The van der Waals surface area contributed by atoms with Crippen LogP contribution in [0.5, 0.6) is 0 Å². The predicted molar refractivity (Wildman–Crippen MR) is 71.8 cm³/mol. The van der Waals surface area contributed by atoms with E-state index in [0.29, 0.717) is 31.9 Å². The monoisotopic (exact) mass is 271 g/mol. The van der Waals surface area contributed by atoms with Crippen molar-refractivity contribution in [2.75, 3.05) is 26.8 Å². The van der Waals surface area contributed by atoms with Crippen LogP contribution < -0.4 is 0 Å². The van der Waals surface area contributed by atoms with Crippen LogP contribution in [0.4, 0.5) is 0 Å². The Morgan fingerprint density at radius 1 is 1.47 bits per heavy atom. The minimum atomic E-state index is -0.753. The van der Waals surface area contributed by atoms with Gasteiger partial charge in [-0.1, -0.05) is 6.92 Å². The second-order valence-electron chi connectivity index (χ2n) is 5.55. The Kier molecular flexibility index (Phi) is 6.84. The molecule has 1 aliphatic heterocycles. The Morgan fingerprint density at radius 3 is 2.84 bits per heavy atom. The van der Waals surface area contributed by atoms with E-state index in [0.717, 1.165) is 19.4 Å². The summed E-state index contributed by atoms with van der Waals surface area (Å²) in [6, 6.07) is 0. The molecule has 2 atom stereocenters. The first-order valence-electron chi connectivity index (χ1n) is 7.01. The number of nitrogens with zero attached hydrogens (tertiary/aromatic N) is 1. The van der Waals surface area contributed by atoms with Crippen LogP contribution in [-0.4, -0.2) is 48.7 Å². The van der Waals surface area contributed by atoms with Crippen molar-refractivity contribution < 1.29 is 19.4 Å². The molecule has 5 nitrogen and oxygen atoms in total. The molecule has 1 heterocycles. The van der Waals surface area contributed by atoms with Crippen molar-refractivity contribution >= 4 is 11.9 Å². The minimum absolute atomic E-state index is 0.171. The summed E-state index contributed by atoms with van der Waals surface area (Å²) in [5, 5.41) is 8.70. The molecule has 110 valence electrons. The molecule has 0 saturated carbocycles. The second kappa shape index (κ2) is 8.15. The number of hydrogen-bond acceptors (Lipinski definition) is 3. The number of amides is 1. The maximum absolute atomic E-state index is 12.1. The van der Waals surface area contributed by atoms with Gasteiger partial charge in [-0.25, -0.2) is 0 Å². The van der Waals surface area contributed by atoms with Gasteiger partial charge in [0.15, 0.2) is 0 Å². The third kappa shape index (κ3) is 6.05. The average Bonchev–Trinajstić information content (AvgIpc) is 2.37. The van der Waals surface area contributed by atoms with Crippen molar-refractivity contribution in [1.29, 1.82) is 0 Å². The van der Waals surface area contributed by atoms with Crippen molar-refractivity contribution in [2.24, 2.45) is 11.8 Å². The van der Waals surface area contributed by atoms with E-state index in [1.165, 1.54) is 0 Å². The third-order valence-electron chi connectivity index (χ3n) is 3.61. The molecule has 19 heavy (non-hydrogen) atoms. The van der Waals surface area contributed by atoms with Gasteiger partial charge in [-0.15, -0.1) is 0 Å². The zero-order valence-electron chi connectivity index (χ0n) is 11.9. The number of methoxy groups -OCH3 is 1. The van der Waals surface area contributed by atoms with Crippen molar-refractivity contribution in [3.05, 3.63) is 0 Å². The first-order valence-corrected chi connectivity index (χ1v) is 7.01. The van der Waals surface area contributed by atoms with Crippen LogP contribution in [0.1, 0.15) is 39.0 Å². The van der Waals surface area contributed by atoms with E-state index in [2.05, 4.69) is 0 Å². The van der Waals surface area contributed by atoms with Gasteiger partial charge >= 0.3 is 5.97 Å². The van der Waals surface area contributed by atoms with E-state index in [4.69, 9.17) is 9.84 Å². The number of carbonyl (C=O) groups excluding carboxylic acids is 1. The summed E-state index contributed by atoms with van der Waals surface area (Å²) in [4.78, 5) is 24.6. The Balaban J connectivity index is 2.36. The molecule has 0 spiro atoms. The highest BCUT2D eigenvalue weighted by atomic mass is 16.5. The minimum Gasteiger partial charge on any atom is -0.481 e. The molecule has 0 aromatic heterocycles. The zero-order chi connectivity index (χ0) is 14.3. The van der Waals surface area contributed by atoms with Crippen LogP contribution in [0.15, 0.2) is 0 Å². The Morgan fingerprint density at radius 2 is 2.21 bits per heavy atom. The third-order valence-corrected chi connectivity index (χ3v) is 3.61. The van der Waals surface area contributed by atoms with Crippen LogP contribution in [0.2, 0.25) is 0 Å². The van der Waals surface area contributed by atoms with E-state index >= 15 is 0 Å². The van der Waals surface area contributed by atoms with Crippen LogP contribution in [0, 0.1) is 11.8 Å². The number of carboxylic acids is 1. The van der Waals surface area contributed by atoms with Gasteiger partial charge in [0, 0.05) is 39.6 Å². The van der Waals surface area contributed by atoms with E-state index in [-0.39, 0.29) is 18.2 Å². The van der Waals surface area contributed by atoms with Crippen LogP contribution in [0.3, 0.4) is 0 Å². The van der Waals surface area contributed by atoms with Gasteiger partial charge in [0.2, 0.25) is 5.91 Å². The molecule has 1 fully saturated rings. The molecule has 0 aromatic rings. The van der Waals surface area contributed by atoms with E-state index in [1.54, 1.807) is 7.11 Å². The highest BCUT2D eigenvalue weighted by Crippen LogP contribution is 2.22. The largest absolute Gasteiger partial charge is 0.481 e. The fraction of sp³-hybridized carbons (Fsp3) is 0.857. The maximum Gasteiger partial charge on any atom is 0.303 e. The molecule has 1 aliphatic rings. The summed E-state index contributed by atoms with van der Waals surface area (Å²) >= 11 is 0. The first kappa shape index (κ1) is 16.0. The van der Waals surface area contributed by atoms with Crippen molar-refractivity contribution in [3.8, 4) is 0 Å². The maximum atomic E-state index is 12.1. The van der Waals surface area contributed by atoms with E-state index in [9.17, 15) is 9.59 Å². The van der Waals surface area contributed by atoms with Crippen LogP contribution in [0.25, 0.3) is 0 Å². The smallest absolute Gasteiger partial charge is 0.303 e. The van der Waals surface area contributed by atoms with Gasteiger partial charge in [-0.3, -0.25) is 9.59 Å². The molecule has 0 aromatic carbocycles. The molecular weight excluding hydrogens is 246 g/mol. The summed E-state index contributed by atoms with van der Waals surface area (Å²) < 4.78 is 5.04. The summed E-state index contributed by atoms with van der Waals surface area (Å²) in [6.45, 7) is 4.13. The number of aliphatic carboxylic acids is 1. The lowest BCUT2D eigenvalue weighted by Gasteiger charge is -2.33. The Bertz CT molecular complexity index is 306. The fourth-order valence-electron chi connectivity index (χ4n) is 2.63. The van der Waals surface area contributed by atoms with Crippen molar-refractivity contribution in [2.45, 2.75) is 39.0 Å². The summed E-state index contributed by atoms with van der Waals surface area (Å²) in [5.74, 6) is -0.00910. The average molecular weight is 271 g/mol. The lowest BCUT2D eigenvalue weighted by molar-refractivity contribution is -0.137. The number of likely N-dealkylation sites (tertiary alicyclic amines) is 1. The molecule has 2 unspecified atom stereocenters. The molecule has 0 radical (unpaired) electrons. The van der Waals surface area contributed by atoms with Gasteiger partial charge in [-0.2, -0.15) is 0 Å². The normalized spacial score (nSPS) is 21.2. The molecule has 1 N–H and O–H groups in total. The molecule has 1 rings (SSSR count). The molecular formula is C14H25NO4. The Hall–Kier alpha value is -1.10. The lowest BCUT2D eigenvalue weighted by Crippen LogP contribution is -2.40. The highest BCUT2D eigenvalue weighted by molar-refractivity contribution is 5.76. The SMILES string of the molecule is COCC(C)CC(=O)N1CCCC(CCC(=O)O)C1. The molecule has 0 aliphatic carbocycles. The summed E-state index contributed by atoms with van der Waals surface area (Å²) in [7, 11) is 1.64. The molecule has 0 bridgehead atoms. The molecule has 5 heteroatoms. The number of rotatable bonds is 7. The summed E-state index contributed by atoms with van der Waals surface area (Å²) in [6.07, 6.45) is 3.40. The lowest BCUT2D eigenvalue weighted by atomic mass is 9.93. The van der Waals surface area contributed by atoms with Crippen LogP contribution in [-0.2, 0) is 14.3 Å². The van der Waals surface area contributed by atoms with Crippen molar-refractivity contribution in [3.63, 3.8) is 0 Å². The number of hydrogen-bond donors (Lipinski definition) is 1.